The molecule has 0 atom stereocenters. The molecule has 0 fully saturated rings. The zero-order chi connectivity index (χ0) is 9.84. The molecule has 0 saturated carbocycles. The van der Waals surface area contributed by atoms with Gasteiger partial charge in [0, 0.05) is 0 Å². The number of rotatable bonds is 2. The van der Waals surface area contributed by atoms with Gasteiger partial charge in [0.25, 0.3) is 0 Å². The van der Waals surface area contributed by atoms with Crippen molar-refractivity contribution in [1.82, 2.24) is 0 Å². The number of nitrogens with zero attached hydrogens (tertiary/aromatic N) is 1. The summed E-state index contributed by atoms with van der Waals surface area (Å²) in [5.74, 6) is -0.245. The van der Waals surface area contributed by atoms with Crippen LogP contribution in [0, 0.1) is 5.82 Å². The number of hydrogen-bond acceptors (Lipinski definition) is 1. The van der Waals surface area contributed by atoms with Crippen molar-refractivity contribution in [2.45, 2.75) is 13.3 Å². The second-order valence-electron chi connectivity index (χ2n) is 2.67. The lowest BCUT2D eigenvalue weighted by atomic mass is 10.1. The highest BCUT2D eigenvalue weighted by molar-refractivity contribution is 5.79. The summed E-state index contributed by atoms with van der Waals surface area (Å²) in [6, 6.07) is 4.53. The van der Waals surface area contributed by atoms with Crippen LogP contribution in [0.25, 0.3) is 0 Å². The Balaban J connectivity index is 3.06. The Labute approximate surface area is 76.3 Å². The van der Waals surface area contributed by atoms with Crippen LogP contribution >= 0.6 is 0 Å². The molecule has 70 valence electrons. The molecule has 0 saturated heterocycles. The predicted octanol–water partition coefficient (Wildman–Crippen LogP) is 1.29. The van der Waals surface area contributed by atoms with Crippen molar-refractivity contribution in [1.29, 1.82) is 0 Å². The van der Waals surface area contributed by atoms with Crippen LogP contribution in [0.3, 0.4) is 0 Å². The summed E-state index contributed by atoms with van der Waals surface area (Å²) in [6.45, 7) is 1.87. The fourth-order valence-corrected chi connectivity index (χ4v) is 1.05. The van der Waals surface area contributed by atoms with E-state index >= 15 is 0 Å². The van der Waals surface area contributed by atoms with Gasteiger partial charge in [-0.05, 0) is 30.2 Å². The number of halogens is 1. The number of benzene rings is 1. The molecule has 0 aliphatic rings. The highest BCUT2D eigenvalue weighted by Gasteiger charge is 2.00. The molecule has 4 heteroatoms. The van der Waals surface area contributed by atoms with E-state index in [4.69, 9.17) is 11.5 Å². The Kier molecular flexibility index (Phi) is 2.84. The van der Waals surface area contributed by atoms with E-state index in [2.05, 4.69) is 4.99 Å². The summed E-state index contributed by atoms with van der Waals surface area (Å²) in [7, 11) is 0. The monoisotopic (exact) mass is 181 g/mol. The molecule has 1 aromatic rings. The minimum absolute atomic E-state index is 0.0198. The maximum Gasteiger partial charge on any atom is 0.191 e. The lowest BCUT2D eigenvalue weighted by Gasteiger charge is -2.00. The van der Waals surface area contributed by atoms with E-state index in [1.807, 2.05) is 6.92 Å². The number of aliphatic imine (C=N–C) groups is 1. The first-order chi connectivity index (χ1) is 6.13. The Morgan fingerprint density at radius 1 is 1.46 bits per heavy atom. The summed E-state index contributed by atoms with van der Waals surface area (Å²) in [5.41, 5.74) is 11.6. The highest BCUT2D eigenvalue weighted by Crippen LogP contribution is 2.17. The fourth-order valence-electron chi connectivity index (χ4n) is 1.05. The molecular weight excluding hydrogens is 169 g/mol. The van der Waals surface area contributed by atoms with Gasteiger partial charge in [-0.15, -0.1) is 0 Å². The van der Waals surface area contributed by atoms with Gasteiger partial charge in [0.2, 0.25) is 0 Å². The van der Waals surface area contributed by atoms with E-state index in [9.17, 15) is 4.39 Å². The van der Waals surface area contributed by atoms with Crippen LogP contribution in [-0.4, -0.2) is 5.96 Å². The van der Waals surface area contributed by atoms with Crippen molar-refractivity contribution in [3.05, 3.63) is 29.6 Å². The second kappa shape index (κ2) is 3.89. The van der Waals surface area contributed by atoms with Gasteiger partial charge in [-0.3, -0.25) is 0 Å². The lowest BCUT2D eigenvalue weighted by molar-refractivity contribution is 0.612. The molecule has 0 bridgehead atoms. The van der Waals surface area contributed by atoms with Crippen molar-refractivity contribution in [2.75, 3.05) is 0 Å². The molecule has 1 aromatic carbocycles. The van der Waals surface area contributed by atoms with Gasteiger partial charge < -0.3 is 11.5 Å². The Morgan fingerprint density at radius 2 is 2.15 bits per heavy atom. The fraction of sp³-hybridized carbons (Fsp3) is 0.222. The normalized spacial score (nSPS) is 9.69. The number of nitrogens with two attached hydrogens (primary N) is 2. The average Bonchev–Trinajstić information content (AvgIpc) is 2.07. The number of hydrogen-bond donors (Lipinski definition) is 2. The molecule has 0 aliphatic heterocycles. The molecule has 4 N–H and O–H groups in total. The highest BCUT2D eigenvalue weighted by atomic mass is 19.1. The van der Waals surface area contributed by atoms with Gasteiger partial charge in [0.1, 0.15) is 5.82 Å². The Hall–Kier alpha value is -1.58. The molecule has 3 nitrogen and oxygen atoms in total. The maximum absolute atomic E-state index is 13.0. The number of guanidine groups is 1. The van der Waals surface area contributed by atoms with Crippen molar-refractivity contribution in [3.63, 3.8) is 0 Å². The SMILES string of the molecule is CCc1cc(N=C(N)N)ccc1F. The van der Waals surface area contributed by atoms with Crippen LogP contribution in [0.2, 0.25) is 0 Å². The van der Waals surface area contributed by atoms with Crippen molar-refractivity contribution in [3.8, 4) is 0 Å². The van der Waals surface area contributed by atoms with Gasteiger partial charge in [0.05, 0.1) is 5.69 Å². The van der Waals surface area contributed by atoms with Crippen LogP contribution < -0.4 is 11.5 Å². The van der Waals surface area contributed by atoms with Gasteiger partial charge in [-0.2, -0.15) is 0 Å². The Bertz CT molecular complexity index is 330. The smallest absolute Gasteiger partial charge is 0.191 e. The maximum atomic E-state index is 13.0. The summed E-state index contributed by atoms with van der Waals surface area (Å²) in [4.78, 5) is 3.81. The van der Waals surface area contributed by atoms with Gasteiger partial charge in [-0.25, -0.2) is 9.38 Å². The van der Waals surface area contributed by atoms with E-state index in [1.165, 1.54) is 12.1 Å². The summed E-state index contributed by atoms with van der Waals surface area (Å²) >= 11 is 0. The first-order valence-electron chi connectivity index (χ1n) is 4.01. The minimum Gasteiger partial charge on any atom is -0.370 e. The molecule has 0 heterocycles. The molecule has 13 heavy (non-hydrogen) atoms. The Morgan fingerprint density at radius 3 is 2.69 bits per heavy atom. The van der Waals surface area contributed by atoms with Crippen molar-refractivity contribution >= 4 is 11.6 Å². The summed E-state index contributed by atoms with van der Waals surface area (Å²) < 4.78 is 13.0. The first kappa shape index (κ1) is 9.51. The number of aryl methyl sites for hydroxylation is 1. The zero-order valence-corrected chi connectivity index (χ0v) is 7.42. The molecule has 0 aromatic heterocycles. The molecule has 1 rings (SSSR count). The predicted molar refractivity (Wildman–Crippen MR) is 51.2 cm³/mol. The van der Waals surface area contributed by atoms with Gasteiger partial charge in [0.15, 0.2) is 5.96 Å². The quantitative estimate of drug-likeness (QED) is 0.533. The van der Waals surface area contributed by atoms with E-state index in [-0.39, 0.29) is 11.8 Å². The molecule has 0 aliphatic carbocycles. The standard InChI is InChI=1S/C9H12FN3/c1-2-6-5-7(13-9(11)12)3-4-8(6)10/h3-5H,2H2,1H3,(H4,11,12,13). The van der Waals surface area contributed by atoms with Crippen molar-refractivity contribution in [2.24, 2.45) is 16.5 Å². The van der Waals surface area contributed by atoms with Crippen LogP contribution in [0.4, 0.5) is 10.1 Å². The molecule has 0 spiro atoms. The van der Waals surface area contributed by atoms with Crippen LogP contribution in [0.5, 0.6) is 0 Å². The molecule has 0 unspecified atom stereocenters. The van der Waals surface area contributed by atoms with E-state index in [0.717, 1.165) is 0 Å². The summed E-state index contributed by atoms with van der Waals surface area (Å²) in [5, 5.41) is 0. The second-order valence-corrected chi connectivity index (χ2v) is 2.67. The van der Waals surface area contributed by atoms with Crippen LogP contribution in [-0.2, 0) is 6.42 Å². The average molecular weight is 181 g/mol. The van der Waals surface area contributed by atoms with E-state index in [1.54, 1.807) is 6.07 Å². The van der Waals surface area contributed by atoms with E-state index < -0.39 is 0 Å². The third-order valence-corrected chi connectivity index (χ3v) is 1.67. The van der Waals surface area contributed by atoms with Gasteiger partial charge >= 0.3 is 0 Å². The van der Waals surface area contributed by atoms with Gasteiger partial charge in [-0.1, -0.05) is 6.92 Å². The molecule has 0 amide bonds. The van der Waals surface area contributed by atoms with Crippen molar-refractivity contribution < 1.29 is 4.39 Å². The zero-order valence-electron chi connectivity index (χ0n) is 7.42. The molecular formula is C9H12FN3. The minimum atomic E-state index is -0.225. The third-order valence-electron chi connectivity index (χ3n) is 1.67. The largest absolute Gasteiger partial charge is 0.370 e. The van der Waals surface area contributed by atoms with Crippen LogP contribution in [0.1, 0.15) is 12.5 Å². The first-order valence-corrected chi connectivity index (χ1v) is 4.01. The summed E-state index contributed by atoms with van der Waals surface area (Å²) in [6.07, 6.45) is 0.625. The van der Waals surface area contributed by atoms with Crippen LogP contribution in [0.15, 0.2) is 23.2 Å². The third kappa shape index (κ3) is 2.43. The lowest BCUT2D eigenvalue weighted by Crippen LogP contribution is -2.21. The topological polar surface area (TPSA) is 64.4 Å². The van der Waals surface area contributed by atoms with E-state index in [0.29, 0.717) is 17.7 Å². The molecule has 0 radical (unpaired) electrons.